The molecule has 0 spiro atoms. The summed E-state index contributed by atoms with van der Waals surface area (Å²) >= 11 is 0. The Labute approximate surface area is 217 Å². The van der Waals surface area contributed by atoms with Gasteiger partial charge in [-0.2, -0.15) is 0 Å². The fraction of sp³-hybridized carbons (Fsp3) is 0.520. The van der Waals surface area contributed by atoms with Gasteiger partial charge in [-0.1, -0.05) is 6.07 Å². The predicted molar refractivity (Wildman–Crippen MR) is 136 cm³/mol. The van der Waals surface area contributed by atoms with Crippen molar-refractivity contribution in [2.24, 2.45) is 0 Å². The first-order chi connectivity index (χ1) is 17.7. The Morgan fingerprint density at radius 1 is 1.14 bits per heavy atom. The highest BCUT2D eigenvalue weighted by Gasteiger charge is 2.37. The van der Waals surface area contributed by atoms with Crippen LogP contribution >= 0.6 is 0 Å². The van der Waals surface area contributed by atoms with Gasteiger partial charge in [-0.25, -0.2) is 18.4 Å². The molecule has 0 N–H and O–H groups in total. The van der Waals surface area contributed by atoms with Gasteiger partial charge < -0.3 is 23.5 Å². The lowest BCUT2D eigenvalue weighted by Crippen LogP contribution is -2.32. The molecule has 3 aromatic rings. The monoisotopic (exact) mass is 531 g/mol. The minimum Gasteiger partial charge on any atom is -0.493 e. The van der Waals surface area contributed by atoms with E-state index in [9.17, 15) is 8.42 Å². The van der Waals surface area contributed by atoms with Gasteiger partial charge in [0, 0.05) is 19.5 Å². The van der Waals surface area contributed by atoms with E-state index in [4.69, 9.17) is 18.9 Å². The Morgan fingerprint density at radius 2 is 1.86 bits per heavy atom. The number of ether oxygens (including phenoxy) is 4. The molecule has 3 heterocycles. The van der Waals surface area contributed by atoms with E-state index in [1.165, 1.54) is 0 Å². The number of nitrogens with zero attached hydrogens (tertiary/aromatic N) is 5. The Balaban J connectivity index is 1.73. The van der Waals surface area contributed by atoms with Crippen molar-refractivity contribution >= 4 is 9.84 Å². The molecule has 1 aromatic carbocycles. The van der Waals surface area contributed by atoms with Crippen LogP contribution in [0.1, 0.15) is 50.1 Å². The molecule has 0 bridgehead atoms. The molecular formula is C25H33N5O6S. The summed E-state index contributed by atoms with van der Waals surface area (Å²) in [7, 11) is -0.652. The summed E-state index contributed by atoms with van der Waals surface area (Å²) in [4.78, 5) is 8.69. The minimum atomic E-state index is -3.79. The molecule has 0 aliphatic carbocycles. The maximum atomic E-state index is 13.7. The minimum absolute atomic E-state index is 0.227. The molecule has 4 rings (SSSR count). The van der Waals surface area contributed by atoms with Crippen LogP contribution in [0.25, 0.3) is 11.4 Å². The van der Waals surface area contributed by atoms with E-state index >= 15 is 0 Å². The highest BCUT2D eigenvalue weighted by Crippen LogP contribution is 2.41. The van der Waals surface area contributed by atoms with E-state index in [0.717, 1.165) is 5.56 Å². The number of hydrogen-bond acceptors (Lipinski definition) is 10. The van der Waals surface area contributed by atoms with E-state index in [1.807, 2.05) is 32.9 Å². The summed E-state index contributed by atoms with van der Waals surface area (Å²) in [6.45, 7) is 7.68. The fourth-order valence-electron chi connectivity index (χ4n) is 4.28. The summed E-state index contributed by atoms with van der Waals surface area (Å²) in [5, 5.41) is 7.74. The molecular weight excluding hydrogens is 498 g/mol. The number of fused-ring (bicyclic) bond motifs is 3. The lowest BCUT2D eigenvalue weighted by molar-refractivity contribution is 0.00140. The molecule has 0 unspecified atom stereocenters. The molecule has 11 nitrogen and oxygen atoms in total. The van der Waals surface area contributed by atoms with Crippen LogP contribution in [0.4, 0.5) is 0 Å². The summed E-state index contributed by atoms with van der Waals surface area (Å²) in [5.74, 6) is 1.83. The van der Waals surface area contributed by atoms with Gasteiger partial charge in [0.15, 0.2) is 33.0 Å². The Morgan fingerprint density at radius 3 is 2.51 bits per heavy atom. The number of sulfone groups is 1. The predicted octanol–water partition coefficient (Wildman–Crippen LogP) is 3.10. The molecule has 1 aliphatic rings. The summed E-state index contributed by atoms with van der Waals surface area (Å²) < 4.78 is 52.3. The van der Waals surface area contributed by atoms with Crippen LogP contribution in [0.3, 0.4) is 0 Å². The lowest BCUT2D eigenvalue weighted by Gasteiger charge is -2.25. The summed E-state index contributed by atoms with van der Waals surface area (Å²) in [5.41, 5.74) is 1.54. The molecule has 0 fully saturated rings. The first-order valence-electron chi connectivity index (χ1n) is 12.0. The third-order valence-electron chi connectivity index (χ3n) is 6.15. The average molecular weight is 532 g/mol. The van der Waals surface area contributed by atoms with E-state index in [1.54, 1.807) is 44.2 Å². The Bertz CT molecular complexity index is 1330. The van der Waals surface area contributed by atoms with Crippen molar-refractivity contribution in [3.8, 4) is 22.9 Å². The van der Waals surface area contributed by atoms with Crippen molar-refractivity contribution in [2.45, 2.75) is 56.9 Å². The van der Waals surface area contributed by atoms with Crippen molar-refractivity contribution < 1.29 is 27.4 Å². The topological polar surface area (TPSA) is 128 Å². The van der Waals surface area contributed by atoms with Crippen molar-refractivity contribution in [1.29, 1.82) is 0 Å². The number of hydrogen-bond donors (Lipinski definition) is 0. The molecule has 37 heavy (non-hydrogen) atoms. The standard InChI is InChI=1S/C25H33N5O6S/c1-15(2)36-22(24-26-10-16(3)11-27-24)17(4)37(31,32)14-21-28-29-25-19-8-7-9-20(34-6)23(19)35-13-18(12-33-5)30(21)25/h7-11,15,17-18,22H,12-14H2,1-6H3/t17-,18+,22+/m0/s1. The van der Waals surface area contributed by atoms with Gasteiger partial charge in [0.2, 0.25) is 0 Å². The Kier molecular flexibility index (Phi) is 8.10. The Hall–Kier alpha value is -3.09. The lowest BCUT2D eigenvalue weighted by atomic mass is 10.1. The molecule has 200 valence electrons. The third-order valence-corrected chi connectivity index (χ3v) is 8.19. The van der Waals surface area contributed by atoms with Crippen molar-refractivity contribution in [3.63, 3.8) is 0 Å². The van der Waals surface area contributed by atoms with Crippen LogP contribution in [-0.2, 0) is 25.1 Å². The van der Waals surface area contributed by atoms with E-state index < -0.39 is 21.2 Å². The highest BCUT2D eigenvalue weighted by atomic mass is 32.2. The van der Waals surface area contributed by atoms with Crippen LogP contribution in [0.5, 0.6) is 11.5 Å². The second kappa shape index (κ2) is 11.1. The molecule has 0 radical (unpaired) electrons. The van der Waals surface area contributed by atoms with Gasteiger partial charge in [-0.15, -0.1) is 10.2 Å². The van der Waals surface area contributed by atoms with Crippen molar-refractivity contribution in [2.75, 3.05) is 27.4 Å². The number of rotatable bonds is 10. The maximum Gasteiger partial charge on any atom is 0.172 e. The first-order valence-corrected chi connectivity index (χ1v) is 13.8. The number of aromatic nitrogens is 5. The van der Waals surface area contributed by atoms with Crippen LogP contribution in [0, 0.1) is 6.92 Å². The average Bonchev–Trinajstić information content (AvgIpc) is 3.19. The SMILES string of the molecule is COC[C@@H]1COc2c(OC)cccc2-c2nnc(CS(=O)(=O)[C@@H](C)[C@@H](OC(C)C)c3ncc(C)cn3)n21. The van der Waals surface area contributed by atoms with Gasteiger partial charge in [0.05, 0.1) is 36.7 Å². The number of aryl methyl sites for hydroxylation is 1. The van der Waals surface area contributed by atoms with E-state index in [2.05, 4.69) is 20.2 Å². The largest absolute Gasteiger partial charge is 0.493 e. The second-order valence-electron chi connectivity index (χ2n) is 9.30. The fourth-order valence-corrected chi connectivity index (χ4v) is 5.67. The van der Waals surface area contributed by atoms with Crippen LogP contribution < -0.4 is 9.47 Å². The van der Waals surface area contributed by atoms with Gasteiger partial charge >= 0.3 is 0 Å². The van der Waals surface area contributed by atoms with Gasteiger partial charge in [-0.3, -0.25) is 0 Å². The normalized spacial score (nSPS) is 16.9. The molecule has 2 aromatic heterocycles. The zero-order valence-electron chi connectivity index (χ0n) is 21.9. The molecule has 12 heteroatoms. The zero-order valence-corrected chi connectivity index (χ0v) is 22.7. The first kappa shape index (κ1) is 27.0. The van der Waals surface area contributed by atoms with E-state index in [-0.39, 0.29) is 36.9 Å². The van der Waals surface area contributed by atoms with Crippen LogP contribution in [-0.4, -0.2) is 71.9 Å². The smallest absolute Gasteiger partial charge is 0.172 e. The molecule has 0 saturated heterocycles. The van der Waals surface area contributed by atoms with Gasteiger partial charge in [0.1, 0.15) is 24.3 Å². The number of methoxy groups -OCH3 is 2. The van der Waals surface area contributed by atoms with Gasteiger partial charge in [0.25, 0.3) is 0 Å². The molecule has 3 atom stereocenters. The molecule has 0 saturated carbocycles. The molecule has 1 aliphatic heterocycles. The second-order valence-corrected chi connectivity index (χ2v) is 11.7. The third kappa shape index (κ3) is 5.60. The summed E-state index contributed by atoms with van der Waals surface area (Å²) in [6.07, 6.45) is 2.22. The number of benzene rings is 1. The number of para-hydroxylation sites is 1. The highest BCUT2D eigenvalue weighted by molar-refractivity contribution is 7.91. The zero-order chi connectivity index (χ0) is 26.7. The van der Waals surface area contributed by atoms with Crippen LogP contribution in [0.2, 0.25) is 0 Å². The van der Waals surface area contributed by atoms with Gasteiger partial charge in [-0.05, 0) is 45.4 Å². The maximum absolute atomic E-state index is 13.7. The summed E-state index contributed by atoms with van der Waals surface area (Å²) in [6, 6.07) is 5.11. The quantitative estimate of drug-likeness (QED) is 0.385. The molecule has 0 amide bonds. The van der Waals surface area contributed by atoms with Crippen molar-refractivity contribution in [3.05, 3.63) is 47.8 Å². The van der Waals surface area contributed by atoms with Crippen LogP contribution in [0.15, 0.2) is 30.6 Å². The van der Waals surface area contributed by atoms with Crippen molar-refractivity contribution in [1.82, 2.24) is 24.7 Å². The van der Waals surface area contributed by atoms with E-state index in [0.29, 0.717) is 28.7 Å².